The van der Waals surface area contributed by atoms with E-state index in [1.807, 2.05) is 0 Å². The fourth-order valence-electron chi connectivity index (χ4n) is 1.56. The molecule has 6 nitrogen and oxygen atoms in total. The van der Waals surface area contributed by atoms with Gasteiger partial charge in [-0.1, -0.05) is 0 Å². The summed E-state index contributed by atoms with van der Waals surface area (Å²) >= 11 is 0. The van der Waals surface area contributed by atoms with Crippen LogP contribution < -0.4 is 10.6 Å². The second-order valence-electron chi connectivity index (χ2n) is 3.17. The number of aromatic amines is 1. The highest BCUT2D eigenvalue weighted by Gasteiger charge is 2.11. The van der Waals surface area contributed by atoms with Crippen molar-refractivity contribution in [1.29, 1.82) is 0 Å². The minimum absolute atomic E-state index is 0.605. The third-order valence-electron chi connectivity index (χ3n) is 2.28. The number of nitrogens with one attached hydrogen (secondary N) is 1. The Hall–Kier alpha value is -1.69. The van der Waals surface area contributed by atoms with Crippen molar-refractivity contribution in [2.45, 2.75) is 6.92 Å². The average Bonchev–Trinajstić information content (AvgIpc) is 2.73. The molecular formula is C9H14N6. The van der Waals surface area contributed by atoms with Gasteiger partial charge in [-0.05, 0) is 6.92 Å². The molecule has 2 aromatic heterocycles. The first-order valence-electron chi connectivity index (χ1n) is 4.96. The topological polar surface area (TPSA) is 83.7 Å². The van der Waals surface area contributed by atoms with Crippen LogP contribution in [0.3, 0.4) is 0 Å². The molecule has 0 unspecified atom stereocenters. The summed E-state index contributed by atoms with van der Waals surface area (Å²) in [4.78, 5) is 17.6. The van der Waals surface area contributed by atoms with E-state index in [1.54, 1.807) is 6.33 Å². The van der Waals surface area contributed by atoms with Gasteiger partial charge in [0.1, 0.15) is 11.8 Å². The molecule has 0 aliphatic rings. The Balaban J connectivity index is 2.44. The minimum Gasteiger partial charge on any atom is -0.354 e. The maximum atomic E-state index is 5.55. The number of nitrogens with zero attached hydrogens (tertiary/aromatic N) is 4. The van der Waals surface area contributed by atoms with E-state index in [4.69, 9.17) is 5.73 Å². The van der Waals surface area contributed by atoms with Crippen molar-refractivity contribution in [3.8, 4) is 0 Å². The van der Waals surface area contributed by atoms with E-state index < -0.39 is 0 Å². The number of hydrogen-bond acceptors (Lipinski definition) is 5. The summed E-state index contributed by atoms with van der Waals surface area (Å²) in [5.41, 5.74) is 7.11. The predicted octanol–water partition coefficient (Wildman–Crippen LogP) is 0.138. The van der Waals surface area contributed by atoms with Gasteiger partial charge < -0.3 is 15.6 Å². The summed E-state index contributed by atoms with van der Waals surface area (Å²) in [7, 11) is 0. The van der Waals surface area contributed by atoms with E-state index in [2.05, 4.69) is 31.8 Å². The van der Waals surface area contributed by atoms with Crippen LogP contribution in [0.4, 0.5) is 5.82 Å². The molecule has 0 aliphatic carbocycles. The molecule has 6 heteroatoms. The number of likely N-dealkylation sites (N-methyl/N-ethyl adjacent to an activating group) is 1. The fourth-order valence-corrected chi connectivity index (χ4v) is 1.56. The summed E-state index contributed by atoms with van der Waals surface area (Å²) in [6, 6.07) is 0. The van der Waals surface area contributed by atoms with Crippen molar-refractivity contribution < 1.29 is 0 Å². The van der Waals surface area contributed by atoms with Crippen LogP contribution in [0.15, 0.2) is 12.7 Å². The first-order valence-corrected chi connectivity index (χ1v) is 4.96. The lowest BCUT2D eigenvalue weighted by Gasteiger charge is -2.20. The maximum Gasteiger partial charge on any atom is 0.182 e. The van der Waals surface area contributed by atoms with Crippen LogP contribution in [-0.4, -0.2) is 39.6 Å². The highest BCUT2D eigenvalue weighted by Crippen LogP contribution is 2.18. The molecule has 0 atom stereocenters. The Morgan fingerprint density at radius 2 is 2.27 bits per heavy atom. The number of rotatable bonds is 4. The quantitative estimate of drug-likeness (QED) is 0.743. The van der Waals surface area contributed by atoms with Crippen molar-refractivity contribution in [2.24, 2.45) is 5.73 Å². The number of hydrogen-bond donors (Lipinski definition) is 2. The SMILES string of the molecule is CCN(CCN)c1ncnc2nc[nH]c12. The zero-order valence-corrected chi connectivity index (χ0v) is 8.64. The van der Waals surface area contributed by atoms with Gasteiger partial charge in [0, 0.05) is 19.6 Å². The molecule has 0 saturated heterocycles. The van der Waals surface area contributed by atoms with Gasteiger partial charge in [0.15, 0.2) is 11.5 Å². The van der Waals surface area contributed by atoms with Crippen LogP contribution in [0.1, 0.15) is 6.92 Å². The van der Waals surface area contributed by atoms with Crippen LogP contribution in [-0.2, 0) is 0 Å². The molecule has 80 valence electrons. The Morgan fingerprint density at radius 1 is 1.40 bits per heavy atom. The number of H-pyrrole nitrogens is 1. The van der Waals surface area contributed by atoms with Gasteiger partial charge in [0.2, 0.25) is 0 Å². The van der Waals surface area contributed by atoms with E-state index in [0.717, 1.165) is 24.4 Å². The fraction of sp³-hybridized carbons (Fsp3) is 0.444. The third kappa shape index (κ3) is 1.75. The molecule has 2 aromatic rings. The standard InChI is InChI=1S/C9H14N6/c1-2-15(4-3-10)9-7-8(12-5-11-7)13-6-14-9/h5-6H,2-4,10H2,1H3,(H,11,12,13,14). The lowest BCUT2D eigenvalue weighted by atomic mass is 10.4. The molecule has 2 heterocycles. The Bertz CT molecular complexity index is 437. The smallest absolute Gasteiger partial charge is 0.182 e. The minimum atomic E-state index is 0.605. The van der Waals surface area contributed by atoms with Crippen molar-refractivity contribution in [2.75, 3.05) is 24.5 Å². The van der Waals surface area contributed by atoms with Crippen molar-refractivity contribution in [1.82, 2.24) is 19.9 Å². The molecule has 15 heavy (non-hydrogen) atoms. The second-order valence-corrected chi connectivity index (χ2v) is 3.17. The summed E-state index contributed by atoms with van der Waals surface area (Å²) in [6.45, 7) is 4.32. The number of imidazole rings is 1. The zero-order chi connectivity index (χ0) is 10.7. The Kier molecular flexibility index (Phi) is 2.77. The van der Waals surface area contributed by atoms with Crippen molar-refractivity contribution >= 4 is 17.0 Å². The van der Waals surface area contributed by atoms with Gasteiger partial charge in [0.05, 0.1) is 6.33 Å². The van der Waals surface area contributed by atoms with E-state index >= 15 is 0 Å². The summed E-state index contributed by atoms with van der Waals surface area (Å²) in [5, 5.41) is 0. The molecule has 0 bridgehead atoms. The number of aromatic nitrogens is 4. The van der Waals surface area contributed by atoms with Crippen LogP contribution in [0, 0.1) is 0 Å². The second kappa shape index (κ2) is 4.22. The van der Waals surface area contributed by atoms with Gasteiger partial charge in [0.25, 0.3) is 0 Å². The first kappa shape index (κ1) is 9.85. The van der Waals surface area contributed by atoms with Gasteiger partial charge >= 0.3 is 0 Å². The van der Waals surface area contributed by atoms with E-state index in [9.17, 15) is 0 Å². The molecule has 0 aromatic carbocycles. The number of fused-ring (bicyclic) bond motifs is 1. The van der Waals surface area contributed by atoms with Gasteiger partial charge in [-0.3, -0.25) is 0 Å². The van der Waals surface area contributed by atoms with E-state index in [-0.39, 0.29) is 0 Å². The first-order chi connectivity index (χ1) is 7.36. The molecule has 0 spiro atoms. The van der Waals surface area contributed by atoms with E-state index in [0.29, 0.717) is 12.2 Å². The summed E-state index contributed by atoms with van der Waals surface area (Å²) in [6.07, 6.45) is 3.15. The predicted molar refractivity (Wildman–Crippen MR) is 58.6 cm³/mol. The van der Waals surface area contributed by atoms with Crippen LogP contribution in [0.2, 0.25) is 0 Å². The maximum absolute atomic E-state index is 5.55. The molecule has 0 radical (unpaired) electrons. The van der Waals surface area contributed by atoms with Crippen molar-refractivity contribution in [3.63, 3.8) is 0 Å². The normalized spacial score (nSPS) is 10.8. The molecule has 0 aliphatic heterocycles. The highest BCUT2D eigenvalue weighted by atomic mass is 15.2. The lowest BCUT2D eigenvalue weighted by Crippen LogP contribution is -2.30. The van der Waals surface area contributed by atoms with Crippen LogP contribution in [0.25, 0.3) is 11.2 Å². The van der Waals surface area contributed by atoms with Gasteiger partial charge in [-0.2, -0.15) is 0 Å². The Labute approximate surface area is 87.5 Å². The number of anilines is 1. The van der Waals surface area contributed by atoms with Crippen molar-refractivity contribution in [3.05, 3.63) is 12.7 Å². The molecule has 0 fully saturated rings. The largest absolute Gasteiger partial charge is 0.354 e. The highest BCUT2D eigenvalue weighted by molar-refractivity contribution is 5.82. The van der Waals surface area contributed by atoms with Gasteiger partial charge in [-0.25, -0.2) is 15.0 Å². The third-order valence-corrected chi connectivity index (χ3v) is 2.28. The molecule has 2 rings (SSSR count). The molecular weight excluding hydrogens is 192 g/mol. The average molecular weight is 206 g/mol. The molecule has 0 saturated carbocycles. The van der Waals surface area contributed by atoms with Crippen LogP contribution >= 0.6 is 0 Å². The monoisotopic (exact) mass is 206 g/mol. The molecule has 0 amide bonds. The molecule has 3 N–H and O–H groups in total. The Morgan fingerprint density at radius 3 is 3.00 bits per heavy atom. The van der Waals surface area contributed by atoms with Gasteiger partial charge in [-0.15, -0.1) is 0 Å². The van der Waals surface area contributed by atoms with Crippen LogP contribution in [0.5, 0.6) is 0 Å². The van der Waals surface area contributed by atoms with E-state index in [1.165, 1.54) is 6.33 Å². The lowest BCUT2D eigenvalue weighted by molar-refractivity contribution is 0.803. The summed E-state index contributed by atoms with van der Waals surface area (Å²) < 4.78 is 0. The summed E-state index contributed by atoms with van der Waals surface area (Å²) in [5.74, 6) is 0.866. The number of nitrogens with two attached hydrogens (primary N) is 1. The zero-order valence-electron chi connectivity index (χ0n) is 8.64.